The van der Waals surface area contributed by atoms with Gasteiger partial charge in [0.25, 0.3) is 5.56 Å². The summed E-state index contributed by atoms with van der Waals surface area (Å²) in [4.78, 5) is 14.6. The molecule has 0 atom stereocenters. The van der Waals surface area contributed by atoms with Crippen LogP contribution in [-0.4, -0.2) is 33.1 Å². The van der Waals surface area contributed by atoms with Crippen LogP contribution >= 0.6 is 11.3 Å². The molecule has 1 aliphatic carbocycles. The highest BCUT2D eigenvalue weighted by atomic mass is 32.1. The first kappa shape index (κ1) is 17.6. The third-order valence-corrected chi connectivity index (χ3v) is 6.45. The van der Waals surface area contributed by atoms with E-state index < -0.39 is 0 Å². The van der Waals surface area contributed by atoms with Crippen molar-refractivity contribution in [2.45, 2.75) is 64.3 Å². The lowest BCUT2D eigenvalue weighted by molar-refractivity contribution is 0.330. The highest BCUT2D eigenvalue weighted by Gasteiger charge is 2.29. The third kappa shape index (κ3) is 3.82. The summed E-state index contributed by atoms with van der Waals surface area (Å²) in [6.45, 7) is 9.05. The molecule has 6 nitrogen and oxygen atoms in total. The highest BCUT2D eigenvalue weighted by Crippen LogP contribution is 2.42. The standard InChI is InChI=1S/C19H27N5OS/c1-19(2,3)15-6-7-16(25)24(22-15)12-13-8-10-23(11-9-13)18-21-20-17(26-18)14-4-5-14/h6-7,13-14H,4-5,8-12H2,1-3H3. The molecule has 0 radical (unpaired) electrons. The number of rotatable bonds is 4. The number of aromatic nitrogens is 4. The molecule has 0 spiro atoms. The molecule has 2 aromatic heterocycles. The largest absolute Gasteiger partial charge is 0.347 e. The second kappa shape index (κ2) is 6.76. The molecule has 26 heavy (non-hydrogen) atoms. The summed E-state index contributed by atoms with van der Waals surface area (Å²) in [5.74, 6) is 1.16. The van der Waals surface area contributed by atoms with Gasteiger partial charge in [-0.15, -0.1) is 10.2 Å². The van der Waals surface area contributed by atoms with Crippen molar-refractivity contribution < 1.29 is 0 Å². The zero-order valence-electron chi connectivity index (χ0n) is 15.8. The lowest BCUT2D eigenvalue weighted by Gasteiger charge is -2.31. The van der Waals surface area contributed by atoms with Crippen LogP contribution in [0.15, 0.2) is 16.9 Å². The van der Waals surface area contributed by atoms with Gasteiger partial charge in [-0.1, -0.05) is 32.1 Å². The molecule has 0 bridgehead atoms. The minimum Gasteiger partial charge on any atom is -0.347 e. The van der Waals surface area contributed by atoms with Gasteiger partial charge < -0.3 is 4.90 Å². The number of nitrogens with zero attached hydrogens (tertiary/aromatic N) is 5. The number of hydrogen-bond acceptors (Lipinski definition) is 6. The van der Waals surface area contributed by atoms with Crippen LogP contribution in [0.4, 0.5) is 5.13 Å². The minimum atomic E-state index is -0.0457. The quantitative estimate of drug-likeness (QED) is 0.823. The molecule has 7 heteroatoms. The van der Waals surface area contributed by atoms with E-state index in [4.69, 9.17) is 0 Å². The van der Waals surface area contributed by atoms with Crippen molar-refractivity contribution >= 4 is 16.5 Å². The van der Waals surface area contributed by atoms with Gasteiger partial charge in [0.2, 0.25) is 5.13 Å². The Morgan fingerprint density at radius 2 is 1.85 bits per heavy atom. The lowest BCUT2D eigenvalue weighted by atomic mass is 9.92. The van der Waals surface area contributed by atoms with Gasteiger partial charge in [-0.05, 0) is 37.7 Å². The smallest absolute Gasteiger partial charge is 0.266 e. The number of anilines is 1. The number of piperidine rings is 1. The first-order valence-electron chi connectivity index (χ1n) is 9.57. The Morgan fingerprint density at radius 1 is 1.12 bits per heavy atom. The van der Waals surface area contributed by atoms with E-state index in [0.29, 0.717) is 18.4 Å². The average Bonchev–Trinajstić information content (AvgIpc) is 3.34. The summed E-state index contributed by atoms with van der Waals surface area (Å²) >= 11 is 1.76. The van der Waals surface area contributed by atoms with Crippen molar-refractivity contribution in [3.8, 4) is 0 Å². The maximum atomic E-state index is 12.2. The van der Waals surface area contributed by atoms with Crippen LogP contribution in [-0.2, 0) is 12.0 Å². The molecule has 3 heterocycles. The molecule has 4 rings (SSSR count). The van der Waals surface area contributed by atoms with Crippen LogP contribution in [0.5, 0.6) is 0 Å². The van der Waals surface area contributed by atoms with E-state index >= 15 is 0 Å². The van der Waals surface area contributed by atoms with E-state index in [-0.39, 0.29) is 11.0 Å². The molecule has 140 valence electrons. The first-order valence-corrected chi connectivity index (χ1v) is 10.4. The van der Waals surface area contributed by atoms with E-state index in [1.165, 1.54) is 17.8 Å². The highest BCUT2D eigenvalue weighted by molar-refractivity contribution is 7.15. The molecular formula is C19H27N5OS. The Kier molecular flexibility index (Phi) is 4.59. The molecule has 2 fully saturated rings. The zero-order chi connectivity index (χ0) is 18.3. The molecular weight excluding hydrogens is 346 g/mol. The third-order valence-electron chi connectivity index (χ3n) is 5.31. The van der Waals surface area contributed by atoms with Crippen molar-refractivity contribution in [1.29, 1.82) is 0 Å². The molecule has 1 saturated carbocycles. The SMILES string of the molecule is CC(C)(C)c1ccc(=O)n(CC2CCN(c3nnc(C4CC4)s3)CC2)n1. The van der Waals surface area contributed by atoms with Crippen molar-refractivity contribution in [3.05, 3.63) is 33.2 Å². The maximum Gasteiger partial charge on any atom is 0.266 e. The Hall–Kier alpha value is -1.76. The van der Waals surface area contributed by atoms with Crippen LogP contribution in [0, 0.1) is 5.92 Å². The summed E-state index contributed by atoms with van der Waals surface area (Å²) in [6.07, 6.45) is 4.66. The van der Waals surface area contributed by atoms with E-state index in [0.717, 1.165) is 36.8 Å². The molecule has 0 unspecified atom stereocenters. The van der Waals surface area contributed by atoms with Crippen LogP contribution in [0.1, 0.15) is 63.1 Å². The van der Waals surface area contributed by atoms with Crippen molar-refractivity contribution in [1.82, 2.24) is 20.0 Å². The summed E-state index contributed by atoms with van der Waals surface area (Å²) in [5, 5.41) is 15.6. The molecule has 0 N–H and O–H groups in total. The van der Waals surface area contributed by atoms with E-state index in [9.17, 15) is 4.79 Å². The summed E-state index contributed by atoms with van der Waals surface area (Å²) in [7, 11) is 0. The van der Waals surface area contributed by atoms with Crippen LogP contribution in [0.25, 0.3) is 0 Å². The van der Waals surface area contributed by atoms with Gasteiger partial charge in [0.15, 0.2) is 0 Å². The minimum absolute atomic E-state index is 0.00127. The molecule has 0 amide bonds. The molecule has 2 aliphatic rings. The predicted octanol–water partition coefficient (Wildman–Crippen LogP) is 3.19. The fraction of sp³-hybridized carbons (Fsp3) is 0.684. The Morgan fingerprint density at radius 3 is 2.50 bits per heavy atom. The summed E-state index contributed by atoms with van der Waals surface area (Å²) < 4.78 is 1.66. The van der Waals surface area contributed by atoms with Gasteiger partial charge in [-0.3, -0.25) is 4.79 Å². The first-order chi connectivity index (χ1) is 12.4. The molecule has 1 saturated heterocycles. The van der Waals surface area contributed by atoms with Gasteiger partial charge in [-0.25, -0.2) is 4.68 Å². The van der Waals surface area contributed by atoms with Gasteiger partial charge >= 0.3 is 0 Å². The van der Waals surface area contributed by atoms with Crippen molar-refractivity contribution in [2.75, 3.05) is 18.0 Å². The summed E-state index contributed by atoms with van der Waals surface area (Å²) in [6, 6.07) is 3.51. The Labute approximate surface area is 158 Å². The zero-order valence-corrected chi connectivity index (χ0v) is 16.6. The fourth-order valence-electron chi connectivity index (χ4n) is 3.38. The van der Waals surface area contributed by atoms with Gasteiger partial charge in [0.05, 0.1) is 5.69 Å². The second-order valence-corrected chi connectivity index (χ2v) is 9.60. The average molecular weight is 374 g/mol. The number of hydrogen-bond donors (Lipinski definition) is 0. The summed E-state index contributed by atoms with van der Waals surface area (Å²) in [5.41, 5.74) is 0.922. The monoisotopic (exact) mass is 373 g/mol. The fourth-order valence-corrected chi connectivity index (χ4v) is 4.44. The lowest BCUT2D eigenvalue weighted by Crippen LogP contribution is -2.37. The molecule has 2 aromatic rings. The molecule has 1 aliphatic heterocycles. The van der Waals surface area contributed by atoms with Crippen molar-refractivity contribution in [3.63, 3.8) is 0 Å². The Balaban J connectivity index is 1.38. The topological polar surface area (TPSA) is 63.9 Å². The van der Waals surface area contributed by atoms with Gasteiger partial charge in [0.1, 0.15) is 5.01 Å². The van der Waals surface area contributed by atoms with Gasteiger partial charge in [0, 0.05) is 37.0 Å². The van der Waals surface area contributed by atoms with E-state index in [1.54, 1.807) is 22.1 Å². The van der Waals surface area contributed by atoms with Crippen molar-refractivity contribution in [2.24, 2.45) is 5.92 Å². The normalized spacial score (nSPS) is 19.1. The van der Waals surface area contributed by atoms with E-state index in [1.807, 2.05) is 6.07 Å². The van der Waals surface area contributed by atoms with Crippen LogP contribution in [0.2, 0.25) is 0 Å². The van der Waals surface area contributed by atoms with E-state index in [2.05, 4.69) is 41.0 Å². The van der Waals surface area contributed by atoms with Crippen LogP contribution in [0.3, 0.4) is 0 Å². The second-order valence-electron chi connectivity index (χ2n) is 8.62. The maximum absolute atomic E-state index is 12.2. The Bertz CT molecular complexity index is 825. The molecule has 0 aromatic carbocycles. The van der Waals surface area contributed by atoms with Crippen LogP contribution < -0.4 is 10.5 Å². The van der Waals surface area contributed by atoms with Gasteiger partial charge in [-0.2, -0.15) is 5.10 Å². The predicted molar refractivity (Wildman–Crippen MR) is 104 cm³/mol.